The van der Waals surface area contributed by atoms with E-state index < -0.39 is 11.9 Å². The maximum Gasteiger partial charge on any atom is 0.354 e. The number of aromatic carboxylic acids is 1. The molecule has 0 aliphatic rings. The van der Waals surface area contributed by atoms with Crippen LogP contribution in [0.1, 0.15) is 25.9 Å². The number of hydrogen-bond acceptors (Lipinski definition) is 4. The minimum absolute atomic E-state index is 0.113. The molecule has 6 nitrogen and oxygen atoms in total. The first-order valence-corrected chi connectivity index (χ1v) is 6.48. The second-order valence-corrected chi connectivity index (χ2v) is 5.87. The fraction of sp³-hybridized carbons (Fsp3) is 0.100. The van der Waals surface area contributed by atoms with Crippen molar-refractivity contribution in [3.8, 4) is 0 Å². The molecule has 0 aliphatic heterocycles. The first-order valence-electron chi connectivity index (χ1n) is 4.87. The fourth-order valence-electron chi connectivity index (χ4n) is 1.33. The molecule has 0 saturated carbocycles. The summed E-state index contributed by atoms with van der Waals surface area (Å²) in [6.07, 6.45) is 1.18. The molecule has 0 unspecified atom stereocenters. The zero-order valence-electron chi connectivity index (χ0n) is 8.94. The number of halogens is 1. The van der Waals surface area contributed by atoms with Gasteiger partial charge in [-0.05, 0) is 28.1 Å². The Hall–Kier alpha value is -1.67. The van der Waals surface area contributed by atoms with Gasteiger partial charge in [0, 0.05) is 4.88 Å². The fourth-order valence-corrected chi connectivity index (χ4v) is 2.75. The average Bonchev–Trinajstić information content (AvgIpc) is 2.94. The normalized spacial score (nSPS) is 10.3. The van der Waals surface area contributed by atoms with Gasteiger partial charge in [0.15, 0.2) is 11.4 Å². The summed E-state index contributed by atoms with van der Waals surface area (Å²) >= 11 is 4.81. The van der Waals surface area contributed by atoms with Crippen LogP contribution in [0.4, 0.5) is 0 Å². The van der Waals surface area contributed by atoms with Crippen molar-refractivity contribution in [1.29, 1.82) is 0 Å². The number of aromatic amines is 1. The summed E-state index contributed by atoms with van der Waals surface area (Å²) in [5, 5.41) is 11.5. The van der Waals surface area contributed by atoms with Crippen molar-refractivity contribution < 1.29 is 14.7 Å². The van der Waals surface area contributed by atoms with E-state index in [0.29, 0.717) is 6.54 Å². The van der Waals surface area contributed by atoms with Gasteiger partial charge >= 0.3 is 5.97 Å². The minimum atomic E-state index is -1.21. The van der Waals surface area contributed by atoms with E-state index in [0.717, 1.165) is 8.66 Å². The maximum atomic E-state index is 11.7. The van der Waals surface area contributed by atoms with Gasteiger partial charge in [0.2, 0.25) is 0 Å². The minimum Gasteiger partial charge on any atom is -0.477 e. The molecular formula is C10H8BrN3O3S. The number of amides is 1. The molecule has 0 radical (unpaired) electrons. The number of hydrogen-bond donors (Lipinski definition) is 3. The highest BCUT2D eigenvalue weighted by Crippen LogP contribution is 2.21. The molecule has 18 heavy (non-hydrogen) atoms. The van der Waals surface area contributed by atoms with Gasteiger partial charge < -0.3 is 15.4 Å². The largest absolute Gasteiger partial charge is 0.477 e. The molecule has 0 atom stereocenters. The summed E-state index contributed by atoms with van der Waals surface area (Å²) in [7, 11) is 0. The van der Waals surface area contributed by atoms with Crippen LogP contribution in [0.15, 0.2) is 22.2 Å². The third kappa shape index (κ3) is 2.77. The number of nitrogens with one attached hydrogen (secondary N) is 2. The molecule has 0 fully saturated rings. The second-order valence-electron chi connectivity index (χ2n) is 3.32. The van der Waals surface area contributed by atoms with Crippen LogP contribution in [-0.4, -0.2) is 27.0 Å². The Balaban J connectivity index is 2.04. The Morgan fingerprint density at radius 2 is 2.28 bits per heavy atom. The predicted octanol–water partition coefficient (Wildman–Crippen LogP) is 1.86. The van der Waals surface area contributed by atoms with E-state index in [1.54, 1.807) is 0 Å². The van der Waals surface area contributed by atoms with Crippen LogP contribution in [-0.2, 0) is 6.54 Å². The van der Waals surface area contributed by atoms with Crippen molar-refractivity contribution in [2.24, 2.45) is 0 Å². The predicted molar refractivity (Wildman–Crippen MR) is 68.7 cm³/mol. The van der Waals surface area contributed by atoms with Crippen LogP contribution in [0, 0.1) is 0 Å². The average molecular weight is 330 g/mol. The van der Waals surface area contributed by atoms with E-state index in [1.165, 1.54) is 17.7 Å². The first-order chi connectivity index (χ1) is 8.58. The highest BCUT2D eigenvalue weighted by atomic mass is 79.9. The summed E-state index contributed by atoms with van der Waals surface area (Å²) in [4.78, 5) is 29.6. The van der Waals surface area contributed by atoms with E-state index in [-0.39, 0.29) is 11.4 Å². The van der Waals surface area contributed by atoms with E-state index in [9.17, 15) is 9.59 Å². The zero-order valence-corrected chi connectivity index (χ0v) is 11.3. The van der Waals surface area contributed by atoms with Crippen molar-refractivity contribution in [2.45, 2.75) is 6.54 Å². The number of thiophene rings is 1. The molecule has 0 aliphatic carbocycles. The molecule has 0 aromatic carbocycles. The third-order valence-electron chi connectivity index (χ3n) is 2.12. The number of carboxylic acids is 1. The van der Waals surface area contributed by atoms with E-state index in [1.807, 2.05) is 12.1 Å². The van der Waals surface area contributed by atoms with Crippen molar-refractivity contribution in [2.75, 3.05) is 0 Å². The van der Waals surface area contributed by atoms with E-state index in [2.05, 4.69) is 31.2 Å². The lowest BCUT2D eigenvalue weighted by molar-refractivity contribution is 0.0685. The number of nitrogens with zero attached hydrogens (tertiary/aromatic N) is 1. The Labute approximate surface area is 114 Å². The van der Waals surface area contributed by atoms with Gasteiger partial charge in [0.1, 0.15) is 0 Å². The Bertz CT molecular complexity index is 593. The quantitative estimate of drug-likeness (QED) is 0.797. The maximum absolute atomic E-state index is 11.7. The standard InChI is InChI=1S/C10H8BrN3O3S/c11-6-2-1-5(18-6)3-12-9(15)7-8(10(16)17)14-4-13-7/h1-2,4H,3H2,(H,12,15)(H,13,14)(H,16,17). The van der Waals surface area contributed by atoms with Gasteiger partial charge in [0.05, 0.1) is 16.7 Å². The number of carbonyl (C=O) groups excluding carboxylic acids is 1. The molecule has 0 spiro atoms. The number of carboxylic acid groups (broad SMARTS) is 1. The summed E-state index contributed by atoms with van der Waals surface area (Å²) < 4.78 is 0.970. The summed E-state index contributed by atoms with van der Waals surface area (Å²) in [5.41, 5.74) is -0.321. The number of H-pyrrole nitrogens is 1. The molecule has 1 amide bonds. The van der Waals surface area contributed by atoms with Crippen molar-refractivity contribution in [3.63, 3.8) is 0 Å². The smallest absolute Gasteiger partial charge is 0.354 e. The van der Waals surface area contributed by atoms with Crippen LogP contribution in [0.5, 0.6) is 0 Å². The van der Waals surface area contributed by atoms with Crippen LogP contribution in [0.2, 0.25) is 0 Å². The van der Waals surface area contributed by atoms with Gasteiger partial charge in [-0.15, -0.1) is 11.3 Å². The SMILES string of the molecule is O=C(NCc1ccc(Br)s1)c1nc[nH]c1C(=O)O. The van der Waals surface area contributed by atoms with Crippen molar-refractivity contribution in [3.05, 3.63) is 38.5 Å². The van der Waals surface area contributed by atoms with Gasteiger partial charge in [0.25, 0.3) is 5.91 Å². The van der Waals surface area contributed by atoms with Crippen LogP contribution >= 0.6 is 27.3 Å². The number of rotatable bonds is 4. The van der Waals surface area contributed by atoms with E-state index >= 15 is 0 Å². The lowest BCUT2D eigenvalue weighted by atomic mass is 10.3. The van der Waals surface area contributed by atoms with Crippen molar-refractivity contribution >= 4 is 39.1 Å². The van der Waals surface area contributed by atoms with Gasteiger partial charge in [-0.2, -0.15) is 0 Å². The molecule has 3 N–H and O–H groups in total. The van der Waals surface area contributed by atoms with Crippen molar-refractivity contribution in [1.82, 2.24) is 15.3 Å². The number of imidazole rings is 1. The number of aromatic nitrogens is 2. The number of carbonyl (C=O) groups is 2. The molecule has 2 rings (SSSR count). The Morgan fingerprint density at radius 3 is 2.89 bits per heavy atom. The van der Waals surface area contributed by atoms with Gasteiger partial charge in [-0.25, -0.2) is 9.78 Å². The van der Waals surface area contributed by atoms with Gasteiger partial charge in [-0.1, -0.05) is 0 Å². The first kappa shape index (κ1) is 12.8. The summed E-state index contributed by atoms with van der Waals surface area (Å²) in [6, 6.07) is 3.75. The third-order valence-corrected chi connectivity index (χ3v) is 3.74. The topological polar surface area (TPSA) is 95.1 Å². The monoisotopic (exact) mass is 329 g/mol. The molecule has 2 aromatic heterocycles. The van der Waals surface area contributed by atoms with Crippen LogP contribution < -0.4 is 5.32 Å². The molecule has 0 bridgehead atoms. The van der Waals surface area contributed by atoms with Gasteiger partial charge in [-0.3, -0.25) is 4.79 Å². The lowest BCUT2D eigenvalue weighted by Crippen LogP contribution is -2.24. The molecular weight excluding hydrogens is 322 g/mol. The second kappa shape index (κ2) is 5.32. The molecule has 2 heterocycles. The molecule has 94 valence electrons. The molecule has 0 saturated heterocycles. The Kier molecular flexibility index (Phi) is 3.78. The van der Waals surface area contributed by atoms with E-state index in [4.69, 9.17) is 5.11 Å². The zero-order chi connectivity index (χ0) is 13.1. The molecule has 2 aromatic rings. The summed E-state index contributed by atoms with van der Waals surface area (Å²) in [6.45, 7) is 0.334. The highest BCUT2D eigenvalue weighted by Gasteiger charge is 2.19. The Morgan fingerprint density at radius 1 is 1.50 bits per heavy atom. The summed E-state index contributed by atoms with van der Waals surface area (Å²) in [5.74, 6) is -1.73. The van der Waals surface area contributed by atoms with Crippen LogP contribution in [0.25, 0.3) is 0 Å². The molecule has 8 heteroatoms. The van der Waals surface area contributed by atoms with Crippen LogP contribution in [0.3, 0.4) is 0 Å². The lowest BCUT2D eigenvalue weighted by Gasteiger charge is -2.01. The highest BCUT2D eigenvalue weighted by molar-refractivity contribution is 9.11.